The number of ether oxygens (including phenoxy) is 1. The number of hydrogen-bond acceptors (Lipinski definition) is 4. The monoisotopic (exact) mass is 369 g/mol. The molecular formula is C21H29N4O2+. The van der Waals surface area contributed by atoms with Gasteiger partial charge in [0.2, 0.25) is 0 Å². The summed E-state index contributed by atoms with van der Waals surface area (Å²) in [7, 11) is 1.65. The molecule has 0 saturated carbocycles. The lowest BCUT2D eigenvalue weighted by molar-refractivity contribution is -0.706. The third-order valence-corrected chi connectivity index (χ3v) is 4.37. The highest BCUT2D eigenvalue weighted by atomic mass is 16.5. The van der Waals surface area contributed by atoms with Crippen LogP contribution in [0.2, 0.25) is 0 Å². The minimum atomic E-state index is 0.523. The van der Waals surface area contributed by atoms with Crippen LogP contribution in [0.15, 0.2) is 48.8 Å². The maximum atomic E-state index is 9.97. The second-order valence-electron chi connectivity index (χ2n) is 6.31. The van der Waals surface area contributed by atoms with Gasteiger partial charge in [-0.05, 0) is 31.0 Å². The first-order valence-corrected chi connectivity index (χ1v) is 9.07. The molecule has 1 heterocycles. The van der Waals surface area contributed by atoms with Gasteiger partial charge in [0.15, 0.2) is 6.72 Å². The maximum Gasteiger partial charge on any atom is 0.302 e. The first-order valence-electron chi connectivity index (χ1n) is 9.07. The molecule has 0 aliphatic heterocycles. The molecule has 0 radical (unpaired) electrons. The van der Waals surface area contributed by atoms with Crippen molar-refractivity contribution in [3.05, 3.63) is 60.1 Å². The molecule has 0 amide bonds. The van der Waals surface area contributed by atoms with E-state index in [0.717, 1.165) is 52.4 Å². The first kappa shape index (κ1) is 20.3. The van der Waals surface area contributed by atoms with E-state index in [1.165, 1.54) is 0 Å². The van der Waals surface area contributed by atoms with Gasteiger partial charge in [0, 0.05) is 22.6 Å². The number of methoxy groups -OCH3 is 1. The molecule has 144 valence electrons. The molecule has 6 nitrogen and oxygen atoms in total. The fraction of sp³-hybridized carbons (Fsp3) is 0.333. The highest BCUT2D eigenvalue weighted by molar-refractivity contribution is 5.78. The molecule has 0 unspecified atom stereocenters. The molecule has 2 N–H and O–H groups in total. The van der Waals surface area contributed by atoms with Crippen LogP contribution in [0, 0.1) is 0 Å². The standard InChI is InChI=1S/C21H29N4O2/c1-6-8-13-22-16(3)19(7-2)21-20(24(4)26)14-23-25(21)15-17-9-11-18(27-5)12-10-17/h7,9-12,14,22,26H,2,4,6,8,13,15H2,1,3,5H3/q+1/b19-16-. The second-order valence-corrected chi connectivity index (χ2v) is 6.31. The molecule has 0 aliphatic carbocycles. The fourth-order valence-corrected chi connectivity index (χ4v) is 2.84. The van der Waals surface area contributed by atoms with Crippen LogP contribution in [0.5, 0.6) is 5.75 Å². The van der Waals surface area contributed by atoms with Gasteiger partial charge in [-0.1, -0.05) is 38.1 Å². The van der Waals surface area contributed by atoms with Crippen molar-refractivity contribution in [2.24, 2.45) is 0 Å². The van der Waals surface area contributed by atoms with Crippen LogP contribution in [-0.4, -0.2) is 40.1 Å². The lowest BCUT2D eigenvalue weighted by atomic mass is 10.1. The molecule has 0 fully saturated rings. The summed E-state index contributed by atoms with van der Waals surface area (Å²) in [6, 6.07) is 7.82. The zero-order valence-corrected chi connectivity index (χ0v) is 16.4. The molecule has 0 saturated heterocycles. The van der Waals surface area contributed by atoms with Gasteiger partial charge in [-0.3, -0.25) is 9.89 Å². The van der Waals surface area contributed by atoms with Crippen LogP contribution in [0.25, 0.3) is 5.57 Å². The van der Waals surface area contributed by atoms with Gasteiger partial charge in [0.25, 0.3) is 0 Å². The molecule has 1 aromatic heterocycles. The largest absolute Gasteiger partial charge is 0.497 e. The number of hydrogen-bond donors (Lipinski definition) is 2. The fourth-order valence-electron chi connectivity index (χ4n) is 2.84. The van der Waals surface area contributed by atoms with Crippen molar-refractivity contribution in [2.75, 3.05) is 13.7 Å². The predicted octanol–water partition coefficient (Wildman–Crippen LogP) is 3.98. The van der Waals surface area contributed by atoms with E-state index < -0.39 is 0 Å². The summed E-state index contributed by atoms with van der Waals surface area (Å²) >= 11 is 0. The van der Waals surface area contributed by atoms with Gasteiger partial charge >= 0.3 is 5.69 Å². The molecule has 2 aromatic rings. The Morgan fingerprint density at radius 3 is 2.63 bits per heavy atom. The van der Waals surface area contributed by atoms with E-state index in [2.05, 4.69) is 30.6 Å². The molecule has 0 aliphatic rings. The van der Waals surface area contributed by atoms with Crippen molar-refractivity contribution in [1.82, 2.24) is 15.1 Å². The van der Waals surface area contributed by atoms with Crippen molar-refractivity contribution in [3.63, 3.8) is 0 Å². The van der Waals surface area contributed by atoms with E-state index in [1.807, 2.05) is 35.9 Å². The number of rotatable bonds is 10. The Kier molecular flexibility index (Phi) is 7.23. The van der Waals surface area contributed by atoms with Crippen molar-refractivity contribution in [2.45, 2.75) is 33.2 Å². The average Bonchev–Trinajstić information content (AvgIpc) is 3.07. The number of allylic oxidation sites excluding steroid dienone is 3. The molecule has 0 spiro atoms. The summed E-state index contributed by atoms with van der Waals surface area (Å²) < 4.78 is 7.90. The smallest absolute Gasteiger partial charge is 0.302 e. The molecule has 2 rings (SSSR count). The van der Waals surface area contributed by atoms with E-state index >= 15 is 0 Å². The number of nitrogens with one attached hydrogen (secondary N) is 1. The number of aromatic nitrogens is 2. The Hall–Kier alpha value is -3.02. The molecule has 6 heteroatoms. The summed E-state index contributed by atoms with van der Waals surface area (Å²) in [5, 5.41) is 17.8. The van der Waals surface area contributed by atoms with E-state index in [9.17, 15) is 5.21 Å². The summed E-state index contributed by atoms with van der Waals surface area (Å²) in [6.45, 7) is 13.2. The third kappa shape index (κ3) is 5.00. The van der Waals surface area contributed by atoms with E-state index in [-0.39, 0.29) is 0 Å². The lowest BCUT2D eigenvalue weighted by Gasteiger charge is -2.13. The second kappa shape index (κ2) is 9.62. The average molecular weight is 369 g/mol. The van der Waals surface area contributed by atoms with Gasteiger partial charge < -0.3 is 10.1 Å². The van der Waals surface area contributed by atoms with E-state index in [1.54, 1.807) is 19.4 Å². The van der Waals surface area contributed by atoms with Crippen molar-refractivity contribution in [1.29, 1.82) is 0 Å². The highest BCUT2D eigenvalue weighted by Crippen LogP contribution is 2.28. The topological polar surface area (TPSA) is 62.3 Å². The van der Waals surface area contributed by atoms with Gasteiger partial charge in [0.1, 0.15) is 17.6 Å². The normalized spacial score (nSPS) is 11.7. The Bertz CT molecular complexity index is 819. The van der Waals surface area contributed by atoms with Crippen LogP contribution < -0.4 is 10.1 Å². The van der Waals surface area contributed by atoms with Crippen LogP contribution >= 0.6 is 0 Å². The van der Waals surface area contributed by atoms with Gasteiger partial charge in [-0.25, -0.2) is 0 Å². The minimum absolute atomic E-state index is 0.523. The Labute approximate surface area is 161 Å². The van der Waals surface area contributed by atoms with Crippen molar-refractivity contribution < 1.29 is 14.7 Å². The van der Waals surface area contributed by atoms with Crippen LogP contribution in [-0.2, 0) is 6.54 Å². The highest BCUT2D eigenvalue weighted by Gasteiger charge is 2.23. The maximum absolute atomic E-state index is 9.97. The minimum Gasteiger partial charge on any atom is -0.497 e. The van der Waals surface area contributed by atoms with Gasteiger partial charge in [-0.15, -0.1) is 0 Å². The van der Waals surface area contributed by atoms with E-state index in [4.69, 9.17) is 4.74 Å². The summed E-state index contributed by atoms with van der Waals surface area (Å²) in [5.74, 6) is 0.807. The summed E-state index contributed by atoms with van der Waals surface area (Å²) in [5.41, 5.74) is 4.22. The van der Waals surface area contributed by atoms with Gasteiger partial charge in [0.05, 0.1) is 13.7 Å². The quantitative estimate of drug-likeness (QED) is 0.166. The van der Waals surface area contributed by atoms with Gasteiger partial charge in [-0.2, -0.15) is 5.10 Å². The molecule has 1 aromatic carbocycles. The van der Waals surface area contributed by atoms with Crippen LogP contribution in [0.1, 0.15) is 37.9 Å². The third-order valence-electron chi connectivity index (χ3n) is 4.37. The molecule has 0 atom stereocenters. The molecular weight excluding hydrogens is 340 g/mol. The van der Waals surface area contributed by atoms with Crippen LogP contribution in [0.3, 0.4) is 0 Å². The number of benzene rings is 1. The Morgan fingerprint density at radius 1 is 1.37 bits per heavy atom. The lowest BCUT2D eigenvalue weighted by Crippen LogP contribution is -2.16. The van der Waals surface area contributed by atoms with Crippen LogP contribution in [0.4, 0.5) is 5.69 Å². The Balaban J connectivity index is 2.42. The SMILES string of the molecule is C=C/C(=C(\C)NCCCC)c1c([N+](=C)O)cnn1Cc1ccc(OC)cc1. The Morgan fingerprint density at radius 2 is 2.07 bits per heavy atom. The summed E-state index contributed by atoms with van der Waals surface area (Å²) in [4.78, 5) is 0. The zero-order chi connectivity index (χ0) is 19.8. The van der Waals surface area contributed by atoms with E-state index in [0.29, 0.717) is 12.2 Å². The molecule has 27 heavy (non-hydrogen) atoms. The zero-order valence-electron chi connectivity index (χ0n) is 16.4. The number of unbranched alkanes of at least 4 members (excludes halogenated alkanes) is 1. The van der Waals surface area contributed by atoms with Crippen molar-refractivity contribution in [3.8, 4) is 5.75 Å². The first-order chi connectivity index (χ1) is 13.0. The van der Waals surface area contributed by atoms with Crippen molar-refractivity contribution >= 4 is 18.0 Å². The predicted molar refractivity (Wildman–Crippen MR) is 109 cm³/mol. The summed E-state index contributed by atoms with van der Waals surface area (Å²) in [6.07, 6.45) is 5.59. The number of nitrogens with zero attached hydrogens (tertiary/aromatic N) is 3. The molecule has 0 bridgehead atoms.